The quantitative estimate of drug-likeness (QED) is 0.221. The van der Waals surface area contributed by atoms with Crippen molar-refractivity contribution in [3.63, 3.8) is 0 Å². The van der Waals surface area contributed by atoms with E-state index in [1.54, 1.807) is 37.1 Å². The van der Waals surface area contributed by atoms with E-state index >= 15 is 0 Å². The normalized spacial score (nSPS) is 17.0. The van der Waals surface area contributed by atoms with E-state index in [2.05, 4.69) is 9.88 Å². The average Bonchev–Trinajstić information content (AvgIpc) is 3.51. The molecule has 2 saturated heterocycles. The molecule has 3 aromatic rings. The molecule has 0 saturated carbocycles. The number of hydrogen-bond acceptors (Lipinski definition) is 8. The van der Waals surface area contributed by atoms with E-state index in [9.17, 15) is 19.2 Å². The van der Waals surface area contributed by atoms with Crippen LogP contribution in [0.5, 0.6) is 5.75 Å². The summed E-state index contributed by atoms with van der Waals surface area (Å²) in [6.45, 7) is 5.95. The second kappa shape index (κ2) is 17.9. The zero-order valence-corrected chi connectivity index (χ0v) is 30.1. The van der Waals surface area contributed by atoms with Crippen LogP contribution in [0.4, 0.5) is 0 Å². The molecule has 0 spiro atoms. The van der Waals surface area contributed by atoms with Gasteiger partial charge in [-0.05, 0) is 67.6 Å². The first-order valence-corrected chi connectivity index (χ1v) is 17.8. The Labute approximate surface area is 302 Å². The van der Waals surface area contributed by atoms with E-state index in [-0.39, 0.29) is 51.0 Å². The molecule has 2 aliphatic heterocycles. The van der Waals surface area contributed by atoms with Crippen molar-refractivity contribution in [1.29, 1.82) is 0 Å². The Morgan fingerprint density at radius 3 is 2.56 bits per heavy atom. The number of piperazine rings is 1. The molecule has 270 valence electrons. The Bertz CT molecular complexity index is 1660. The lowest BCUT2D eigenvalue weighted by Crippen LogP contribution is -2.61. The Morgan fingerprint density at radius 2 is 1.82 bits per heavy atom. The van der Waals surface area contributed by atoms with E-state index in [1.165, 1.54) is 9.80 Å². The van der Waals surface area contributed by atoms with Gasteiger partial charge in [-0.3, -0.25) is 24.1 Å². The van der Waals surface area contributed by atoms with E-state index in [1.807, 2.05) is 24.4 Å². The van der Waals surface area contributed by atoms with Crippen LogP contribution in [0.2, 0.25) is 10.0 Å². The lowest BCUT2D eigenvalue weighted by atomic mass is 10.0. The van der Waals surface area contributed by atoms with Gasteiger partial charge in [0.15, 0.2) is 0 Å². The summed E-state index contributed by atoms with van der Waals surface area (Å²) < 4.78 is 16.1. The van der Waals surface area contributed by atoms with E-state index < -0.39 is 17.9 Å². The number of halogens is 2. The highest BCUT2D eigenvalue weighted by Gasteiger charge is 2.41. The number of ether oxygens (including phenoxy) is 3. The molecule has 1 unspecified atom stereocenters. The molecule has 0 bridgehead atoms. The number of H-pyrrole nitrogens is 1. The second-order valence-corrected chi connectivity index (χ2v) is 13.3. The number of methoxy groups -OCH3 is 1. The summed E-state index contributed by atoms with van der Waals surface area (Å²) in [7, 11) is 1.60. The van der Waals surface area contributed by atoms with Crippen LogP contribution in [-0.4, -0.2) is 134 Å². The zero-order chi connectivity index (χ0) is 35.6. The molecule has 2 aromatic carbocycles. The fourth-order valence-corrected chi connectivity index (χ4v) is 6.99. The Balaban J connectivity index is 1.33. The van der Waals surface area contributed by atoms with Crippen molar-refractivity contribution < 1.29 is 33.4 Å². The van der Waals surface area contributed by atoms with E-state index in [0.717, 1.165) is 41.7 Å². The molecule has 2 aliphatic rings. The van der Waals surface area contributed by atoms with Gasteiger partial charge in [0.1, 0.15) is 18.3 Å². The van der Waals surface area contributed by atoms with Gasteiger partial charge in [0.2, 0.25) is 17.7 Å². The van der Waals surface area contributed by atoms with Crippen molar-refractivity contribution >= 4 is 57.8 Å². The largest absolute Gasteiger partial charge is 0.497 e. The lowest BCUT2D eigenvalue weighted by molar-refractivity contribution is -0.159. The van der Waals surface area contributed by atoms with Crippen LogP contribution in [0.3, 0.4) is 0 Å². The maximum absolute atomic E-state index is 14.1. The minimum Gasteiger partial charge on any atom is -0.497 e. The fourth-order valence-electron chi connectivity index (χ4n) is 6.48. The number of carbonyl (C=O) groups excluding carboxylic acids is 4. The number of benzene rings is 2. The third kappa shape index (κ3) is 9.69. The molecule has 12 nitrogen and oxygen atoms in total. The van der Waals surface area contributed by atoms with Crippen molar-refractivity contribution in [2.24, 2.45) is 0 Å². The maximum atomic E-state index is 14.1. The Morgan fingerprint density at radius 1 is 1.02 bits per heavy atom. The van der Waals surface area contributed by atoms with E-state index in [4.69, 9.17) is 37.4 Å². The highest BCUT2D eigenvalue weighted by molar-refractivity contribution is 6.35. The molecule has 0 radical (unpaired) electrons. The van der Waals surface area contributed by atoms with Gasteiger partial charge in [0.25, 0.3) is 0 Å². The van der Waals surface area contributed by atoms with Crippen molar-refractivity contribution in [1.82, 2.24) is 24.6 Å². The maximum Gasteiger partial charge on any atom is 0.325 e. The molecule has 0 aliphatic carbocycles. The molecule has 14 heteroatoms. The average molecular weight is 731 g/mol. The topological polar surface area (TPSA) is 125 Å². The SMILES string of the molecule is CCOC(=O)CN(CCc1c[nH]c2ccc(OC)cc12)C(=O)CC1C(=O)N(CCc2ccc(Cl)cc2Cl)CC(=O)N1CCCN1CCOCC1. The number of amides is 3. The first-order valence-electron chi connectivity index (χ1n) is 17.1. The molecule has 1 atom stereocenters. The van der Waals surface area contributed by atoms with Gasteiger partial charge in [0, 0.05) is 66.4 Å². The van der Waals surface area contributed by atoms with Crippen molar-refractivity contribution in [3.05, 3.63) is 63.8 Å². The number of rotatable bonds is 16. The third-order valence-corrected chi connectivity index (χ3v) is 9.82. The van der Waals surface area contributed by atoms with Crippen LogP contribution in [0.1, 0.15) is 30.9 Å². The summed E-state index contributed by atoms with van der Waals surface area (Å²) in [5.74, 6) is -0.793. The lowest BCUT2D eigenvalue weighted by Gasteiger charge is -2.41. The van der Waals surface area contributed by atoms with Crippen LogP contribution in [0.15, 0.2) is 42.6 Å². The predicted octanol–water partition coefficient (Wildman–Crippen LogP) is 3.81. The van der Waals surface area contributed by atoms with Crippen LogP contribution in [0, 0.1) is 0 Å². The molecule has 2 fully saturated rings. The van der Waals surface area contributed by atoms with Gasteiger partial charge in [-0.1, -0.05) is 29.3 Å². The summed E-state index contributed by atoms with van der Waals surface area (Å²) in [6, 6.07) is 9.87. The molecule has 3 heterocycles. The van der Waals surface area contributed by atoms with Gasteiger partial charge in [-0.2, -0.15) is 0 Å². The van der Waals surface area contributed by atoms with E-state index in [0.29, 0.717) is 54.8 Å². The highest BCUT2D eigenvalue weighted by atomic mass is 35.5. The second-order valence-electron chi connectivity index (χ2n) is 12.5. The van der Waals surface area contributed by atoms with Gasteiger partial charge in [-0.25, -0.2) is 0 Å². The molecule has 50 heavy (non-hydrogen) atoms. The number of nitrogens with one attached hydrogen (secondary N) is 1. The first-order chi connectivity index (χ1) is 24.2. The minimum atomic E-state index is -1.02. The van der Waals surface area contributed by atoms with Crippen LogP contribution < -0.4 is 4.74 Å². The van der Waals surface area contributed by atoms with Crippen molar-refractivity contribution in [2.75, 3.05) is 79.3 Å². The van der Waals surface area contributed by atoms with Crippen LogP contribution in [0.25, 0.3) is 10.9 Å². The summed E-state index contributed by atoms with van der Waals surface area (Å²) >= 11 is 12.5. The van der Waals surface area contributed by atoms with Gasteiger partial charge >= 0.3 is 5.97 Å². The summed E-state index contributed by atoms with van der Waals surface area (Å²) in [5.41, 5.74) is 2.66. The van der Waals surface area contributed by atoms with Crippen LogP contribution in [-0.2, 0) is 41.5 Å². The van der Waals surface area contributed by atoms with Crippen molar-refractivity contribution in [3.8, 4) is 5.75 Å². The molecule has 3 amide bonds. The number of fused-ring (bicyclic) bond motifs is 1. The van der Waals surface area contributed by atoms with Crippen LogP contribution >= 0.6 is 23.2 Å². The fraction of sp³-hybridized carbons (Fsp3) is 0.500. The van der Waals surface area contributed by atoms with Gasteiger partial charge in [0.05, 0.1) is 39.9 Å². The summed E-state index contributed by atoms with van der Waals surface area (Å²) in [4.78, 5) is 64.5. The number of aromatic amines is 1. The first kappa shape index (κ1) is 37.4. The van der Waals surface area contributed by atoms with Crippen molar-refractivity contribution in [2.45, 2.75) is 38.6 Å². The molecular formula is C36H45Cl2N5O7. The Kier molecular flexibility index (Phi) is 13.4. The monoisotopic (exact) mass is 729 g/mol. The predicted molar refractivity (Wildman–Crippen MR) is 191 cm³/mol. The Hall–Kier alpha value is -3.84. The third-order valence-electron chi connectivity index (χ3n) is 9.23. The molecule has 1 N–H and O–H groups in total. The summed E-state index contributed by atoms with van der Waals surface area (Å²) in [6.07, 6.45) is 3.10. The van der Waals surface area contributed by atoms with Gasteiger partial charge < -0.3 is 33.9 Å². The number of hydrogen-bond donors (Lipinski definition) is 1. The minimum absolute atomic E-state index is 0.0944. The standard InChI is InChI=1S/C36H45Cl2N5O7/c1-3-50-35(46)24-41(13-10-26-22-39-31-8-7-28(48-2)20-29(26)31)33(44)21-32-36(47)42(14-9-25-5-6-27(37)19-30(25)38)23-34(45)43(32)12-4-11-40-15-17-49-18-16-40/h5-8,19-20,22,32,39H,3-4,9-18,21,23-24H2,1-2H3. The number of nitrogens with zero attached hydrogens (tertiary/aromatic N) is 4. The smallest absolute Gasteiger partial charge is 0.325 e. The highest BCUT2D eigenvalue weighted by Crippen LogP contribution is 2.26. The summed E-state index contributed by atoms with van der Waals surface area (Å²) in [5, 5.41) is 1.93. The van der Waals surface area contributed by atoms with Gasteiger partial charge in [-0.15, -0.1) is 0 Å². The molecule has 1 aromatic heterocycles. The molecule has 5 rings (SSSR count). The number of aromatic nitrogens is 1. The number of esters is 1. The molecular weight excluding hydrogens is 685 g/mol. The number of carbonyl (C=O) groups is 4. The number of morpholine rings is 1. The zero-order valence-electron chi connectivity index (χ0n) is 28.6.